The predicted molar refractivity (Wildman–Crippen MR) is 131 cm³/mol. The van der Waals surface area contributed by atoms with Crippen LogP contribution >= 0.6 is 15.9 Å². The van der Waals surface area contributed by atoms with Crippen molar-refractivity contribution in [3.8, 4) is 17.6 Å². The van der Waals surface area contributed by atoms with Crippen LogP contribution in [0.5, 0.6) is 11.5 Å². The molecule has 1 aliphatic rings. The third-order valence-corrected chi connectivity index (χ3v) is 6.65. The average molecular weight is 526 g/mol. The highest BCUT2D eigenvalue weighted by Crippen LogP contribution is 2.60. The molecule has 7 heteroatoms. The second kappa shape index (κ2) is 10.9. The molecule has 0 N–H and O–H groups in total. The van der Waals surface area contributed by atoms with E-state index >= 15 is 0 Å². The van der Waals surface area contributed by atoms with E-state index in [9.17, 15) is 14.9 Å². The van der Waals surface area contributed by atoms with Crippen LogP contribution in [0.3, 0.4) is 0 Å². The number of hydrogen-bond acceptors (Lipinski definition) is 6. The van der Waals surface area contributed by atoms with Crippen molar-refractivity contribution in [1.82, 2.24) is 0 Å². The minimum Gasteiger partial charge on any atom is -0.459 e. The van der Waals surface area contributed by atoms with Gasteiger partial charge in [-0.25, -0.2) is 4.79 Å². The van der Waals surface area contributed by atoms with Crippen LogP contribution in [0, 0.1) is 28.6 Å². The van der Waals surface area contributed by atoms with Crippen LogP contribution in [-0.4, -0.2) is 18.0 Å². The SMILES string of the molecule is CCC(C)OC(=O)C(Br)=C[C@H]1[C@@H](C(=O)O[C@H](C#N)c2cccc(Oc3ccccc3)c2)C1(C)C. The number of carbonyl (C=O) groups is 2. The van der Waals surface area contributed by atoms with Crippen LogP contribution in [0.2, 0.25) is 0 Å². The summed E-state index contributed by atoms with van der Waals surface area (Å²) in [5.41, 5.74) is 0.110. The van der Waals surface area contributed by atoms with Crippen molar-refractivity contribution in [2.75, 3.05) is 0 Å². The number of esters is 2. The van der Waals surface area contributed by atoms with Crippen LogP contribution in [0.1, 0.15) is 45.8 Å². The molecule has 3 rings (SSSR count). The molecule has 0 heterocycles. The Morgan fingerprint density at radius 3 is 2.44 bits per heavy atom. The molecule has 2 aromatic rings. The van der Waals surface area contributed by atoms with Crippen molar-refractivity contribution >= 4 is 27.9 Å². The Bertz CT molecular complexity index is 1110. The zero-order valence-corrected chi connectivity index (χ0v) is 21.2. The summed E-state index contributed by atoms with van der Waals surface area (Å²) in [5, 5.41) is 9.68. The number of carbonyl (C=O) groups excluding carboxylic acids is 2. The summed E-state index contributed by atoms with van der Waals surface area (Å²) in [4.78, 5) is 25.2. The molecule has 178 valence electrons. The Morgan fingerprint density at radius 2 is 1.79 bits per heavy atom. The summed E-state index contributed by atoms with van der Waals surface area (Å²) in [6.07, 6.45) is 1.14. The molecule has 34 heavy (non-hydrogen) atoms. The van der Waals surface area contributed by atoms with E-state index in [1.54, 1.807) is 30.3 Å². The molecule has 1 fully saturated rings. The lowest BCUT2D eigenvalue weighted by Gasteiger charge is -2.13. The fraction of sp³-hybridized carbons (Fsp3) is 0.370. The maximum Gasteiger partial charge on any atom is 0.345 e. The molecule has 0 radical (unpaired) electrons. The number of rotatable bonds is 9. The summed E-state index contributed by atoms with van der Waals surface area (Å²) in [5.74, 6) is -0.438. The van der Waals surface area contributed by atoms with Crippen LogP contribution in [-0.2, 0) is 19.1 Å². The first kappa shape index (κ1) is 25.5. The van der Waals surface area contributed by atoms with Crippen LogP contribution < -0.4 is 4.74 Å². The normalized spacial score (nSPS) is 20.4. The molecule has 0 amide bonds. The highest BCUT2D eigenvalue weighted by Gasteiger charge is 2.62. The van der Waals surface area contributed by atoms with E-state index in [-0.39, 0.29) is 16.5 Å². The molecule has 2 aromatic carbocycles. The maximum atomic E-state index is 13.0. The molecule has 0 spiro atoms. The van der Waals surface area contributed by atoms with Gasteiger partial charge >= 0.3 is 11.9 Å². The standard InChI is InChI=1S/C27H28BrNO5/c1-5-17(2)32-25(30)22(28)15-21-24(27(21,3)4)26(31)34-23(16-29)18-10-9-13-20(14-18)33-19-11-7-6-8-12-19/h6-15,17,21,23-24H,5H2,1-4H3/t17?,21-,23+,24-/m0/s1. The van der Waals surface area contributed by atoms with Gasteiger partial charge in [-0.2, -0.15) is 5.26 Å². The molecular formula is C27H28BrNO5. The largest absolute Gasteiger partial charge is 0.459 e. The number of halogens is 1. The monoisotopic (exact) mass is 525 g/mol. The minimum atomic E-state index is -1.08. The lowest BCUT2D eigenvalue weighted by atomic mass is 10.1. The Hall–Kier alpha value is -3.11. The Labute approximate surface area is 208 Å². The van der Waals surface area contributed by atoms with Crippen LogP contribution in [0.25, 0.3) is 0 Å². The van der Waals surface area contributed by atoms with E-state index in [1.165, 1.54) is 0 Å². The summed E-state index contributed by atoms with van der Waals surface area (Å²) in [6, 6.07) is 18.3. The van der Waals surface area contributed by atoms with Gasteiger partial charge in [0.15, 0.2) is 0 Å². The van der Waals surface area contributed by atoms with Gasteiger partial charge in [0.05, 0.1) is 16.5 Å². The second-order valence-electron chi connectivity index (χ2n) is 8.90. The van der Waals surface area contributed by atoms with Gasteiger partial charge in [-0.1, -0.05) is 57.2 Å². The van der Waals surface area contributed by atoms with Gasteiger partial charge in [0.25, 0.3) is 0 Å². The van der Waals surface area contributed by atoms with Gasteiger partial charge in [0, 0.05) is 5.56 Å². The van der Waals surface area contributed by atoms with E-state index in [2.05, 4.69) is 22.0 Å². The Kier molecular flexibility index (Phi) is 8.16. The molecule has 1 unspecified atom stereocenters. The highest BCUT2D eigenvalue weighted by molar-refractivity contribution is 9.12. The lowest BCUT2D eigenvalue weighted by Crippen LogP contribution is -2.15. The summed E-state index contributed by atoms with van der Waals surface area (Å²) in [7, 11) is 0. The molecule has 0 bridgehead atoms. The number of benzene rings is 2. The fourth-order valence-electron chi connectivity index (χ4n) is 3.71. The topological polar surface area (TPSA) is 85.6 Å². The first-order chi connectivity index (χ1) is 16.2. The quantitative estimate of drug-likeness (QED) is 0.275. The zero-order valence-electron chi connectivity index (χ0n) is 19.7. The minimum absolute atomic E-state index is 0.195. The third kappa shape index (κ3) is 6.06. The average Bonchev–Trinajstić information content (AvgIpc) is 3.37. The van der Waals surface area contributed by atoms with Crippen LogP contribution in [0.4, 0.5) is 0 Å². The maximum absolute atomic E-state index is 13.0. The number of hydrogen-bond donors (Lipinski definition) is 0. The molecule has 4 atom stereocenters. The van der Waals surface area contributed by atoms with Crippen molar-refractivity contribution in [2.45, 2.75) is 46.3 Å². The van der Waals surface area contributed by atoms with Gasteiger partial charge in [0.2, 0.25) is 6.10 Å². The van der Waals surface area contributed by atoms with Gasteiger partial charge < -0.3 is 14.2 Å². The number of ether oxygens (including phenoxy) is 3. The number of para-hydroxylation sites is 1. The highest BCUT2D eigenvalue weighted by atomic mass is 79.9. The van der Waals surface area contributed by atoms with E-state index in [1.807, 2.05) is 58.0 Å². The number of nitrogens with zero attached hydrogens (tertiary/aromatic N) is 1. The van der Waals surface area contributed by atoms with E-state index in [4.69, 9.17) is 14.2 Å². The van der Waals surface area contributed by atoms with Crippen molar-refractivity contribution < 1.29 is 23.8 Å². The Morgan fingerprint density at radius 1 is 1.12 bits per heavy atom. The number of nitriles is 1. The smallest absolute Gasteiger partial charge is 0.345 e. The van der Waals surface area contributed by atoms with Gasteiger partial charge in [0.1, 0.15) is 17.6 Å². The molecule has 1 saturated carbocycles. The molecule has 6 nitrogen and oxygen atoms in total. The lowest BCUT2D eigenvalue weighted by molar-refractivity contribution is -0.149. The first-order valence-corrected chi connectivity index (χ1v) is 12.0. The van der Waals surface area contributed by atoms with Crippen LogP contribution in [0.15, 0.2) is 65.2 Å². The first-order valence-electron chi connectivity index (χ1n) is 11.2. The molecule has 1 aliphatic carbocycles. The van der Waals surface area contributed by atoms with Crippen molar-refractivity contribution in [3.63, 3.8) is 0 Å². The molecule has 0 aromatic heterocycles. The second-order valence-corrected chi connectivity index (χ2v) is 9.75. The van der Waals surface area contributed by atoms with Crippen molar-refractivity contribution in [3.05, 3.63) is 70.7 Å². The van der Waals surface area contributed by atoms with Crippen molar-refractivity contribution in [1.29, 1.82) is 5.26 Å². The predicted octanol–water partition coefficient (Wildman–Crippen LogP) is 6.48. The van der Waals surface area contributed by atoms with Gasteiger partial charge in [-0.3, -0.25) is 4.79 Å². The zero-order chi connectivity index (χ0) is 24.9. The number of allylic oxidation sites excluding steroid dienone is 1. The molecule has 0 saturated heterocycles. The van der Waals surface area contributed by atoms with Crippen molar-refractivity contribution in [2.24, 2.45) is 17.3 Å². The van der Waals surface area contributed by atoms with Gasteiger partial charge in [-0.05, 0) is 64.9 Å². The third-order valence-electron chi connectivity index (χ3n) is 6.06. The molecule has 0 aliphatic heterocycles. The van der Waals surface area contributed by atoms with E-state index < -0.39 is 29.4 Å². The van der Waals surface area contributed by atoms with Gasteiger partial charge in [-0.15, -0.1) is 0 Å². The summed E-state index contributed by atoms with van der Waals surface area (Å²) >= 11 is 3.27. The summed E-state index contributed by atoms with van der Waals surface area (Å²) in [6.45, 7) is 7.61. The Balaban J connectivity index is 1.68. The molecular weight excluding hydrogens is 498 g/mol. The van der Waals surface area contributed by atoms with E-state index in [0.717, 1.165) is 0 Å². The summed E-state index contributed by atoms with van der Waals surface area (Å²) < 4.78 is 17.0. The van der Waals surface area contributed by atoms with E-state index in [0.29, 0.717) is 23.5 Å². The fourth-order valence-corrected chi connectivity index (χ4v) is 4.09.